The smallest absolute Gasteiger partial charge is 0.251 e. The lowest BCUT2D eigenvalue weighted by molar-refractivity contribution is -0.117. The van der Waals surface area contributed by atoms with E-state index in [9.17, 15) is 9.59 Å². The predicted octanol–water partition coefficient (Wildman–Crippen LogP) is 3.41. The van der Waals surface area contributed by atoms with Crippen LogP contribution in [0.3, 0.4) is 0 Å². The zero-order chi connectivity index (χ0) is 23.5. The first kappa shape index (κ1) is 22.7. The minimum Gasteiger partial charge on any atom is -0.381 e. The maximum Gasteiger partial charge on any atom is 0.251 e. The lowest BCUT2D eigenvalue weighted by atomic mass is 9.82. The standard InChI is InChI=1S/C25H29N5O3/c1-15-16(2)30(17(3)31)22-6-5-19(25(32)28-20-8-10-33-11-9-20)12-21(22)24(15)29-23-7-4-18(13-26)14-27-23/h4-7,12,14-16,20,24H,8-11H2,1-3H3,(H,27,29)(H,28,32). The fraction of sp³-hybridized carbons (Fsp3) is 0.440. The van der Waals surface area contributed by atoms with Crippen LogP contribution in [0.5, 0.6) is 0 Å². The number of benzene rings is 1. The van der Waals surface area contributed by atoms with Crippen LogP contribution in [0.15, 0.2) is 36.5 Å². The number of ether oxygens (including phenoxy) is 1. The Morgan fingerprint density at radius 3 is 2.58 bits per heavy atom. The Balaban J connectivity index is 1.68. The minimum absolute atomic E-state index is 0.0371. The second kappa shape index (κ2) is 9.59. The molecule has 1 saturated heterocycles. The van der Waals surface area contributed by atoms with Crippen LogP contribution < -0.4 is 15.5 Å². The van der Waals surface area contributed by atoms with E-state index in [1.807, 2.05) is 19.1 Å². The van der Waals surface area contributed by atoms with E-state index < -0.39 is 0 Å². The number of aromatic nitrogens is 1. The van der Waals surface area contributed by atoms with E-state index in [0.717, 1.165) is 24.1 Å². The van der Waals surface area contributed by atoms with Gasteiger partial charge >= 0.3 is 0 Å². The zero-order valence-electron chi connectivity index (χ0n) is 19.2. The highest BCUT2D eigenvalue weighted by molar-refractivity contribution is 5.98. The van der Waals surface area contributed by atoms with Gasteiger partial charge in [-0.3, -0.25) is 9.59 Å². The Labute approximate surface area is 193 Å². The van der Waals surface area contributed by atoms with Gasteiger partial charge in [-0.05, 0) is 55.7 Å². The number of pyridine rings is 1. The fourth-order valence-electron chi connectivity index (χ4n) is 4.66. The molecule has 8 heteroatoms. The molecule has 1 aromatic carbocycles. The maximum atomic E-state index is 13.0. The average molecular weight is 448 g/mol. The number of fused-ring (bicyclic) bond motifs is 1. The largest absolute Gasteiger partial charge is 0.381 e. The molecule has 2 amide bonds. The minimum atomic E-state index is -0.165. The highest BCUT2D eigenvalue weighted by atomic mass is 16.5. The molecule has 0 spiro atoms. The Morgan fingerprint density at radius 1 is 1.18 bits per heavy atom. The molecule has 172 valence electrons. The number of hydrogen-bond donors (Lipinski definition) is 2. The SMILES string of the molecule is CC(=O)N1c2ccc(C(=O)NC3CCOCC3)cc2C(Nc2ccc(C#N)cn2)C(C)C1C. The molecule has 3 atom stereocenters. The molecular formula is C25H29N5O3. The van der Waals surface area contributed by atoms with Crippen LogP contribution in [0.1, 0.15) is 61.1 Å². The first-order valence-electron chi connectivity index (χ1n) is 11.3. The van der Waals surface area contributed by atoms with Crippen LogP contribution in [-0.4, -0.2) is 42.1 Å². The summed E-state index contributed by atoms with van der Waals surface area (Å²) in [5, 5.41) is 15.6. The predicted molar refractivity (Wildman–Crippen MR) is 125 cm³/mol. The topological polar surface area (TPSA) is 107 Å². The zero-order valence-corrected chi connectivity index (χ0v) is 19.2. The lowest BCUT2D eigenvalue weighted by Gasteiger charge is -2.44. The van der Waals surface area contributed by atoms with Crippen LogP contribution in [0.4, 0.5) is 11.5 Å². The molecule has 8 nitrogen and oxygen atoms in total. The van der Waals surface area contributed by atoms with Crippen molar-refractivity contribution < 1.29 is 14.3 Å². The van der Waals surface area contributed by atoms with Crippen molar-refractivity contribution in [1.29, 1.82) is 5.26 Å². The van der Waals surface area contributed by atoms with Gasteiger partial charge in [0.25, 0.3) is 5.91 Å². The van der Waals surface area contributed by atoms with Crippen molar-refractivity contribution in [3.8, 4) is 6.07 Å². The molecule has 3 heterocycles. The van der Waals surface area contributed by atoms with Gasteiger partial charge in [-0.25, -0.2) is 4.98 Å². The van der Waals surface area contributed by atoms with Crippen molar-refractivity contribution in [3.63, 3.8) is 0 Å². The summed E-state index contributed by atoms with van der Waals surface area (Å²) in [6, 6.07) is 11.0. The van der Waals surface area contributed by atoms with E-state index in [1.54, 1.807) is 30.0 Å². The van der Waals surface area contributed by atoms with Gasteiger partial charge in [0.2, 0.25) is 5.91 Å². The van der Waals surface area contributed by atoms with Gasteiger partial charge in [-0.1, -0.05) is 6.92 Å². The third-order valence-electron chi connectivity index (χ3n) is 6.67. The third kappa shape index (κ3) is 4.69. The van der Waals surface area contributed by atoms with Gasteiger partial charge in [0.15, 0.2) is 0 Å². The van der Waals surface area contributed by atoms with Gasteiger partial charge in [0.05, 0.1) is 11.6 Å². The van der Waals surface area contributed by atoms with Crippen LogP contribution >= 0.6 is 0 Å². The van der Waals surface area contributed by atoms with Crippen molar-refractivity contribution in [2.45, 2.75) is 51.7 Å². The van der Waals surface area contributed by atoms with Gasteiger partial charge < -0.3 is 20.3 Å². The summed E-state index contributed by atoms with van der Waals surface area (Å²) >= 11 is 0. The van der Waals surface area contributed by atoms with E-state index in [2.05, 4.69) is 28.6 Å². The average Bonchev–Trinajstić information content (AvgIpc) is 2.82. The summed E-state index contributed by atoms with van der Waals surface area (Å²) in [5.41, 5.74) is 2.72. The molecule has 0 radical (unpaired) electrons. The van der Waals surface area contributed by atoms with E-state index in [4.69, 9.17) is 10.00 Å². The van der Waals surface area contributed by atoms with Gasteiger partial charge in [-0.2, -0.15) is 5.26 Å². The number of nitrogens with zero attached hydrogens (tertiary/aromatic N) is 3. The molecule has 2 N–H and O–H groups in total. The normalized spacial score (nSPS) is 22.7. The number of nitriles is 1. The van der Waals surface area contributed by atoms with Gasteiger partial charge in [-0.15, -0.1) is 0 Å². The van der Waals surface area contributed by atoms with Gasteiger partial charge in [0, 0.05) is 55.6 Å². The number of anilines is 2. The monoisotopic (exact) mass is 447 g/mol. The van der Waals surface area contributed by atoms with Crippen molar-refractivity contribution in [2.24, 2.45) is 5.92 Å². The van der Waals surface area contributed by atoms with E-state index >= 15 is 0 Å². The third-order valence-corrected chi connectivity index (χ3v) is 6.67. The Kier molecular flexibility index (Phi) is 6.61. The first-order valence-corrected chi connectivity index (χ1v) is 11.3. The number of carbonyl (C=O) groups is 2. The van der Waals surface area contributed by atoms with Crippen molar-refractivity contribution in [2.75, 3.05) is 23.4 Å². The van der Waals surface area contributed by atoms with Crippen molar-refractivity contribution in [1.82, 2.24) is 10.3 Å². The Hall–Kier alpha value is -3.44. The number of carbonyl (C=O) groups excluding carboxylic acids is 2. The quantitative estimate of drug-likeness (QED) is 0.744. The molecule has 0 aliphatic carbocycles. The highest BCUT2D eigenvalue weighted by Gasteiger charge is 2.38. The van der Waals surface area contributed by atoms with E-state index in [1.165, 1.54) is 6.20 Å². The van der Waals surface area contributed by atoms with Crippen molar-refractivity contribution >= 4 is 23.3 Å². The molecule has 2 aliphatic heterocycles. The molecule has 1 fully saturated rings. The van der Waals surface area contributed by atoms with Crippen LogP contribution in [0.2, 0.25) is 0 Å². The number of amides is 2. The molecule has 0 bridgehead atoms. The Morgan fingerprint density at radius 2 is 1.94 bits per heavy atom. The second-order valence-electron chi connectivity index (χ2n) is 8.79. The summed E-state index contributed by atoms with van der Waals surface area (Å²) in [6.45, 7) is 6.99. The van der Waals surface area contributed by atoms with Gasteiger partial charge in [0.1, 0.15) is 11.9 Å². The molecule has 1 aromatic heterocycles. The molecule has 2 aliphatic rings. The molecule has 2 aromatic rings. The molecule has 0 saturated carbocycles. The van der Waals surface area contributed by atoms with Crippen LogP contribution in [-0.2, 0) is 9.53 Å². The summed E-state index contributed by atoms with van der Waals surface area (Å²) in [7, 11) is 0. The summed E-state index contributed by atoms with van der Waals surface area (Å²) in [5.74, 6) is 0.524. The van der Waals surface area contributed by atoms with Crippen LogP contribution in [0.25, 0.3) is 0 Å². The molecule has 4 rings (SSSR count). The molecule has 33 heavy (non-hydrogen) atoms. The first-order chi connectivity index (χ1) is 15.9. The number of nitrogens with one attached hydrogen (secondary N) is 2. The highest BCUT2D eigenvalue weighted by Crippen LogP contribution is 2.42. The fourth-order valence-corrected chi connectivity index (χ4v) is 4.66. The van der Waals surface area contributed by atoms with E-state index in [-0.39, 0.29) is 35.9 Å². The second-order valence-corrected chi connectivity index (χ2v) is 8.79. The maximum absolute atomic E-state index is 13.0. The summed E-state index contributed by atoms with van der Waals surface area (Å²) in [6.07, 6.45) is 3.13. The summed E-state index contributed by atoms with van der Waals surface area (Å²) in [4.78, 5) is 31.7. The number of hydrogen-bond acceptors (Lipinski definition) is 6. The van der Waals surface area contributed by atoms with Crippen LogP contribution in [0, 0.1) is 17.2 Å². The lowest BCUT2D eigenvalue weighted by Crippen LogP contribution is -2.48. The molecular weight excluding hydrogens is 418 g/mol. The molecule has 3 unspecified atom stereocenters. The Bertz CT molecular complexity index is 1070. The number of rotatable bonds is 4. The van der Waals surface area contributed by atoms with Crippen molar-refractivity contribution in [3.05, 3.63) is 53.2 Å². The summed E-state index contributed by atoms with van der Waals surface area (Å²) < 4.78 is 5.38. The van der Waals surface area contributed by atoms with E-state index in [0.29, 0.717) is 30.2 Å².